The third kappa shape index (κ3) is 4.29. The van der Waals surface area contributed by atoms with Gasteiger partial charge in [0.25, 0.3) is 5.91 Å². The van der Waals surface area contributed by atoms with Gasteiger partial charge in [-0.15, -0.1) is 0 Å². The van der Waals surface area contributed by atoms with E-state index in [1.807, 2.05) is 37.4 Å². The number of amides is 1. The molecule has 1 heterocycles. The number of ether oxygens (including phenoxy) is 1. The minimum atomic E-state index is -0.189. The number of rotatable bonds is 6. The fraction of sp³-hybridized carbons (Fsp3) is 0.312. The molecule has 1 aromatic heterocycles. The predicted molar refractivity (Wildman–Crippen MR) is 84.1 cm³/mol. The molecule has 1 N–H and O–H groups in total. The summed E-state index contributed by atoms with van der Waals surface area (Å²) in [6, 6.07) is 11.3. The summed E-state index contributed by atoms with van der Waals surface area (Å²) in [5, 5.41) is 3.67. The lowest BCUT2D eigenvalue weighted by atomic mass is 10.1. The van der Waals surface area contributed by atoms with Crippen LogP contribution in [0.3, 0.4) is 0 Å². The van der Waals surface area contributed by atoms with Crippen LogP contribution in [0.1, 0.15) is 23.0 Å². The molecule has 5 heteroatoms. The van der Waals surface area contributed by atoms with Crippen molar-refractivity contribution < 1.29 is 13.9 Å². The average Bonchev–Trinajstić information content (AvgIpc) is 2.96. The molecule has 1 aromatic carbocycles. The third-order valence-corrected chi connectivity index (χ3v) is 3.68. The first kappa shape index (κ1) is 15.5. The normalized spacial score (nSPS) is 12.0. The van der Waals surface area contributed by atoms with Crippen LogP contribution in [0, 0.1) is 0 Å². The zero-order valence-electron chi connectivity index (χ0n) is 12.4. The van der Waals surface area contributed by atoms with E-state index in [9.17, 15) is 4.79 Å². The molecule has 0 spiro atoms. The van der Waals surface area contributed by atoms with Crippen molar-refractivity contribution in [1.29, 1.82) is 0 Å². The summed E-state index contributed by atoms with van der Waals surface area (Å²) in [6.07, 6.45) is 2.64. The van der Waals surface area contributed by atoms with Crippen molar-refractivity contribution in [2.45, 2.75) is 24.5 Å². The van der Waals surface area contributed by atoms with E-state index in [2.05, 4.69) is 5.32 Å². The van der Waals surface area contributed by atoms with E-state index >= 15 is 0 Å². The summed E-state index contributed by atoms with van der Waals surface area (Å²) in [5.41, 5.74) is 1.12. The standard InChI is InChI=1S/C16H19NO3S/c1-11(9-12-5-4-6-13(10-12)19-2)17-16(18)14-7-8-15(20-14)21-3/h4-8,10-11H,9H2,1-3H3,(H,17,18). The molecule has 112 valence electrons. The Hall–Kier alpha value is -1.88. The summed E-state index contributed by atoms with van der Waals surface area (Å²) in [6.45, 7) is 1.97. The maximum absolute atomic E-state index is 12.1. The van der Waals surface area contributed by atoms with Gasteiger partial charge >= 0.3 is 0 Å². The molecule has 0 bridgehead atoms. The van der Waals surface area contributed by atoms with E-state index in [4.69, 9.17) is 9.15 Å². The first-order valence-electron chi connectivity index (χ1n) is 6.70. The van der Waals surface area contributed by atoms with Gasteiger partial charge in [0.2, 0.25) is 0 Å². The van der Waals surface area contributed by atoms with Crippen LogP contribution in [0.25, 0.3) is 0 Å². The molecular weight excluding hydrogens is 286 g/mol. The maximum atomic E-state index is 12.1. The Morgan fingerprint density at radius 3 is 2.86 bits per heavy atom. The van der Waals surface area contributed by atoms with Gasteiger partial charge in [-0.1, -0.05) is 23.9 Å². The third-order valence-electron chi connectivity index (χ3n) is 3.06. The van der Waals surface area contributed by atoms with E-state index in [1.165, 1.54) is 11.8 Å². The van der Waals surface area contributed by atoms with Crippen LogP contribution in [0.15, 0.2) is 45.9 Å². The molecule has 2 aromatic rings. The molecule has 0 radical (unpaired) electrons. The molecule has 1 atom stereocenters. The van der Waals surface area contributed by atoms with Crippen LogP contribution in [0.2, 0.25) is 0 Å². The monoisotopic (exact) mass is 305 g/mol. The highest BCUT2D eigenvalue weighted by molar-refractivity contribution is 7.98. The summed E-state index contributed by atoms with van der Waals surface area (Å²) in [4.78, 5) is 12.1. The van der Waals surface area contributed by atoms with E-state index in [-0.39, 0.29) is 11.9 Å². The van der Waals surface area contributed by atoms with Crippen molar-refractivity contribution in [2.24, 2.45) is 0 Å². The minimum Gasteiger partial charge on any atom is -0.497 e. The largest absolute Gasteiger partial charge is 0.497 e. The van der Waals surface area contributed by atoms with Crippen molar-refractivity contribution in [3.05, 3.63) is 47.7 Å². The summed E-state index contributed by atoms with van der Waals surface area (Å²) < 4.78 is 10.6. The van der Waals surface area contributed by atoms with Crippen molar-refractivity contribution in [3.8, 4) is 5.75 Å². The van der Waals surface area contributed by atoms with Crippen molar-refractivity contribution in [3.63, 3.8) is 0 Å². The highest BCUT2D eigenvalue weighted by Gasteiger charge is 2.14. The number of carbonyl (C=O) groups excluding carboxylic acids is 1. The molecule has 21 heavy (non-hydrogen) atoms. The Morgan fingerprint density at radius 2 is 2.19 bits per heavy atom. The Kier molecular flexibility index (Phi) is 5.33. The van der Waals surface area contributed by atoms with Crippen LogP contribution in [0.5, 0.6) is 5.75 Å². The molecular formula is C16H19NO3S. The molecule has 2 rings (SSSR count). The van der Waals surface area contributed by atoms with Crippen LogP contribution >= 0.6 is 11.8 Å². The second kappa shape index (κ2) is 7.22. The first-order chi connectivity index (χ1) is 10.1. The fourth-order valence-corrected chi connectivity index (χ4v) is 2.43. The van der Waals surface area contributed by atoms with Gasteiger partial charge in [-0.3, -0.25) is 4.79 Å². The van der Waals surface area contributed by atoms with E-state index in [0.29, 0.717) is 5.76 Å². The molecule has 0 saturated heterocycles. The molecule has 0 saturated carbocycles. The molecule has 0 fully saturated rings. The van der Waals surface area contributed by atoms with Gasteiger partial charge in [-0.05, 0) is 49.4 Å². The van der Waals surface area contributed by atoms with Gasteiger partial charge in [-0.2, -0.15) is 0 Å². The lowest BCUT2D eigenvalue weighted by Gasteiger charge is -2.13. The molecule has 1 amide bonds. The number of carbonyl (C=O) groups is 1. The molecule has 0 aliphatic carbocycles. The highest BCUT2D eigenvalue weighted by atomic mass is 32.2. The Labute approximate surface area is 128 Å². The van der Waals surface area contributed by atoms with Gasteiger partial charge in [0.05, 0.1) is 7.11 Å². The van der Waals surface area contributed by atoms with Gasteiger partial charge in [0.15, 0.2) is 10.9 Å². The summed E-state index contributed by atoms with van der Waals surface area (Å²) in [7, 11) is 1.64. The molecule has 0 aliphatic rings. The van der Waals surface area contributed by atoms with Gasteiger partial charge in [0.1, 0.15) is 5.75 Å². The van der Waals surface area contributed by atoms with Crippen LogP contribution in [0.4, 0.5) is 0 Å². The number of hydrogen-bond acceptors (Lipinski definition) is 4. The second-order valence-electron chi connectivity index (χ2n) is 4.75. The predicted octanol–water partition coefficient (Wildman–Crippen LogP) is 3.37. The van der Waals surface area contributed by atoms with E-state index < -0.39 is 0 Å². The van der Waals surface area contributed by atoms with Crippen LogP contribution < -0.4 is 10.1 Å². The number of methoxy groups -OCH3 is 1. The highest BCUT2D eigenvalue weighted by Crippen LogP contribution is 2.18. The maximum Gasteiger partial charge on any atom is 0.287 e. The smallest absolute Gasteiger partial charge is 0.287 e. The Bertz CT molecular complexity index is 609. The van der Waals surface area contributed by atoms with Gasteiger partial charge in [0, 0.05) is 6.04 Å². The summed E-state index contributed by atoms with van der Waals surface area (Å²) in [5.74, 6) is 0.976. The summed E-state index contributed by atoms with van der Waals surface area (Å²) >= 11 is 1.47. The lowest BCUT2D eigenvalue weighted by molar-refractivity contribution is 0.0907. The molecule has 1 unspecified atom stereocenters. The van der Waals surface area contributed by atoms with Crippen molar-refractivity contribution >= 4 is 17.7 Å². The topological polar surface area (TPSA) is 51.5 Å². The number of nitrogens with one attached hydrogen (secondary N) is 1. The van der Waals surface area contributed by atoms with Gasteiger partial charge in [-0.25, -0.2) is 0 Å². The van der Waals surface area contributed by atoms with E-state index in [0.717, 1.165) is 22.8 Å². The fourth-order valence-electron chi connectivity index (χ4n) is 2.05. The zero-order chi connectivity index (χ0) is 15.2. The van der Waals surface area contributed by atoms with E-state index in [1.54, 1.807) is 19.2 Å². The van der Waals surface area contributed by atoms with Crippen molar-refractivity contribution in [2.75, 3.05) is 13.4 Å². The number of thioether (sulfide) groups is 1. The second-order valence-corrected chi connectivity index (χ2v) is 5.56. The molecule has 4 nitrogen and oxygen atoms in total. The van der Waals surface area contributed by atoms with Crippen LogP contribution in [-0.2, 0) is 6.42 Å². The Morgan fingerprint density at radius 1 is 1.38 bits per heavy atom. The first-order valence-corrected chi connectivity index (χ1v) is 7.92. The minimum absolute atomic E-state index is 0.00688. The van der Waals surface area contributed by atoms with Crippen molar-refractivity contribution in [1.82, 2.24) is 5.32 Å². The number of furan rings is 1. The quantitative estimate of drug-likeness (QED) is 0.831. The van der Waals surface area contributed by atoms with Crippen LogP contribution in [-0.4, -0.2) is 25.3 Å². The SMILES string of the molecule is COc1cccc(CC(C)NC(=O)c2ccc(SC)o2)c1. The molecule has 0 aliphatic heterocycles. The average molecular weight is 305 g/mol. The van der Waals surface area contributed by atoms with Gasteiger partial charge < -0.3 is 14.5 Å². The number of hydrogen-bond donors (Lipinski definition) is 1. The number of benzene rings is 1. The Balaban J connectivity index is 1.94. The zero-order valence-corrected chi connectivity index (χ0v) is 13.2. The lowest BCUT2D eigenvalue weighted by Crippen LogP contribution is -2.33.